The second-order valence-corrected chi connectivity index (χ2v) is 6.00. The van der Waals surface area contributed by atoms with Gasteiger partial charge in [-0.25, -0.2) is 9.97 Å². The van der Waals surface area contributed by atoms with Crippen LogP contribution in [0.5, 0.6) is 0 Å². The summed E-state index contributed by atoms with van der Waals surface area (Å²) in [6.45, 7) is 4.09. The first-order chi connectivity index (χ1) is 11.0. The molecule has 2 amide bonds. The van der Waals surface area contributed by atoms with Crippen LogP contribution in [0, 0.1) is 13.8 Å². The summed E-state index contributed by atoms with van der Waals surface area (Å²) < 4.78 is 0. The predicted octanol–water partition coefficient (Wildman–Crippen LogP) is 2.31. The van der Waals surface area contributed by atoms with Gasteiger partial charge in [0.1, 0.15) is 5.82 Å². The van der Waals surface area contributed by atoms with Crippen molar-refractivity contribution in [3.05, 3.63) is 46.1 Å². The fraction of sp³-hybridized carbons (Fsp3) is 0.250. The van der Waals surface area contributed by atoms with E-state index in [9.17, 15) is 9.59 Å². The molecule has 0 bridgehead atoms. The highest BCUT2D eigenvalue weighted by Crippen LogP contribution is 2.09. The molecule has 0 aliphatic carbocycles. The van der Waals surface area contributed by atoms with Crippen molar-refractivity contribution in [2.75, 3.05) is 11.9 Å². The molecule has 6 nitrogen and oxygen atoms in total. The van der Waals surface area contributed by atoms with Gasteiger partial charge in [0.25, 0.3) is 0 Å². The zero-order valence-electron chi connectivity index (χ0n) is 13.0. The standard InChI is InChI=1S/C16H18N4O2S/c1-11-3-5-14(18-9-11)20-16(22)7-8-17-15(21)6-4-13-10-23-12(2)19-13/h3-6,9-10H,7-8H2,1-2H3,(H,17,21)(H,18,20,22). The summed E-state index contributed by atoms with van der Waals surface area (Å²) in [4.78, 5) is 31.7. The Balaban J connectivity index is 1.69. The molecule has 2 rings (SSSR count). The van der Waals surface area contributed by atoms with E-state index >= 15 is 0 Å². The van der Waals surface area contributed by atoms with Gasteiger partial charge < -0.3 is 10.6 Å². The van der Waals surface area contributed by atoms with Crippen LogP contribution in [0.25, 0.3) is 6.08 Å². The number of amides is 2. The second kappa shape index (κ2) is 8.19. The molecule has 0 unspecified atom stereocenters. The molecule has 0 aromatic carbocycles. The van der Waals surface area contributed by atoms with Crippen molar-refractivity contribution in [2.24, 2.45) is 0 Å². The SMILES string of the molecule is Cc1ccc(NC(=O)CCNC(=O)C=Cc2csc(C)n2)nc1. The summed E-state index contributed by atoms with van der Waals surface area (Å²) in [7, 11) is 0. The minimum absolute atomic E-state index is 0.185. The van der Waals surface area contributed by atoms with Crippen LogP contribution in [0.2, 0.25) is 0 Å². The Hall–Kier alpha value is -2.54. The number of anilines is 1. The molecular formula is C16H18N4O2S. The van der Waals surface area contributed by atoms with Gasteiger partial charge >= 0.3 is 0 Å². The van der Waals surface area contributed by atoms with Crippen molar-refractivity contribution >= 4 is 35.0 Å². The summed E-state index contributed by atoms with van der Waals surface area (Å²) in [5, 5.41) is 8.16. The van der Waals surface area contributed by atoms with Gasteiger partial charge in [0.15, 0.2) is 0 Å². The predicted molar refractivity (Wildman–Crippen MR) is 91.1 cm³/mol. The van der Waals surface area contributed by atoms with Crippen LogP contribution in [0.3, 0.4) is 0 Å². The lowest BCUT2D eigenvalue weighted by molar-refractivity contribution is -0.117. The van der Waals surface area contributed by atoms with E-state index in [0.717, 1.165) is 16.3 Å². The minimum Gasteiger partial charge on any atom is -0.352 e. The number of aryl methyl sites for hydroxylation is 2. The molecule has 0 atom stereocenters. The molecule has 120 valence electrons. The number of rotatable bonds is 6. The maximum atomic E-state index is 11.7. The summed E-state index contributed by atoms with van der Waals surface area (Å²) in [5.74, 6) is 0.0587. The molecule has 2 aromatic rings. The quantitative estimate of drug-likeness (QED) is 0.796. The average Bonchev–Trinajstić information content (AvgIpc) is 2.93. The molecule has 2 heterocycles. The lowest BCUT2D eigenvalue weighted by atomic mass is 10.3. The lowest BCUT2D eigenvalue weighted by Crippen LogP contribution is -2.26. The number of hydrogen-bond acceptors (Lipinski definition) is 5. The number of thiazole rings is 1. The molecule has 0 saturated heterocycles. The van der Waals surface area contributed by atoms with Crippen molar-refractivity contribution in [1.82, 2.24) is 15.3 Å². The maximum Gasteiger partial charge on any atom is 0.244 e. The van der Waals surface area contributed by atoms with Gasteiger partial charge in [-0.15, -0.1) is 11.3 Å². The van der Waals surface area contributed by atoms with Crippen molar-refractivity contribution in [3.8, 4) is 0 Å². The van der Waals surface area contributed by atoms with Crippen LogP contribution >= 0.6 is 11.3 Å². The monoisotopic (exact) mass is 330 g/mol. The van der Waals surface area contributed by atoms with Crippen LogP contribution in [-0.2, 0) is 9.59 Å². The lowest BCUT2D eigenvalue weighted by Gasteiger charge is -2.05. The smallest absolute Gasteiger partial charge is 0.244 e. The first-order valence-electron chi connectivity index (χ1n) is 7.13. The van der Waals surface area contributed by atoms with Gasteiger partial charge in [0.2, 0.25) is 11.8 Å². The van der Waals surface area contributed by atoms with E-state index < -0.39 is 0 Å². The molecule has 2 aromatic heterocycles. The molecule has 0 aliphatic heterocycles. The number of carbonyl (C=O) groups excluding carboxylic acids is 2. The summed E-state index contributed by atoms with van der Waals surface area (Å²) in [6, 6.07) is 3.61. The van der Waals surface area contributed by atoms with Crippen molar-refractivity contribution in [1.29, 1.82) is 0 Å². The molecule has 23 heavy (non-hydrogen) atoms. The van der Waals surface area contributed by atoms with Crippen LogP contribution in [0.1, 0.15) is 22.7 Å². The number of nitrogens with one attached hydrogen (secondary N) is 2. The number of carbonyl (C=O) groups is 2. The summed E-state index contributed by atoms with van der Waals surface area (Å²) in [6.07, 6.45) is 4.93. The van der Waals surface area contributed by atoms with Crippen LogP contribution in [0.15, 0.2) is 29.8 Å². The van der Waals surface area contributed by atoms with E-state index in [-0.39, 0.29) is 24.8 Å². The maximum absolute atomic E-state index is 11.7. The van der Waals surface area contributed by atoms with Crippen LogP contribution in [-0.4, -0.2) is 28.3 Å². The first kappa shape index (κ1) is 16.8. The molecule has 0 aliphatic rings. The Bertz CT molecular complexity index is 707. The van der Waals surface area contributed by atoms with Crippen LogP contribution in [0.4, 0.5) is 5.82 Å². The van der Waals surface area contributed by atoms with E-state index in [1.165, 1.54) is 17.4 Å². The highest BCUT2D eigenvalue weighted by atomic mass is 32.1. The number of hydrogen-bond donors (Lipinski definition) is 2. The Morgan fingerprint density at radius 2 is 2.13 bits per heavy atom. The summed E-state index contributed by atoms with van der Waals surface area (Å²) in [5.41, 5.74) is 1.78. The molecule has 0 radical (unpaired) electrons. The van der Waals surface area contributed by atoms with Gasteiger partial charge in [0.05, 0.1) is 10.7 Å². The van der Waals surface area contributed by atoms with Gasteiger partial charge in [-0.1, -0.05) is 6.07 Å². The van der Waals surface area contributed by atoms with E-state index in [1.54, 1.807) is 18.3 Å². The van der Waals surface area contributed by atoms with Crippen molar-refractivity contribution in [2.45, 2.75) is 20.3 Å². The third-order valence-corrected chi connectivity index (χ3v) is 3.66. The van der Waals surface area contributed by atoms with Crippen LogP contribution < -0.4 is 10.6 Å². The van der Waals surface area contributed by atoms with E-state index in [4.69, 9.17) is 0 Å². The summed E-state index contributed by atoms with van der Waals surface area (Å²) >= 11 is 1.53. The Kier molecular flexibility index (Phi) is 5.99. The van der Waals surface area contributed by atoms with Gasteiger partial charge in [-0.3, -0.25) is 9.59 Å². The van der Waals surface area contributed by atoms with Gasteiger partial charge in [-0.05, 0) is 31.6 Å². The zero-order valence-corrected chi connectivity index (χ0v) is 13.8. The third-order valence-electron chi connectivity index (χ3n) is 2.87. The second-order valence-electron chi connectivity index (χ2n) is 4.93. The van der Waals surface area contributed by atoms with E-state index in [1.807, 2.05) is 25.3 Å². The molecule has 2 N–H and O–H groups in total. The molecular weight excluding hydrogens is 312 g/mol. The highest BCUT2D eigenvalue weighted by molar-refractivity contribution is 7.09. The van der Waals surface area contributed by atoms with E-state index in [2.05, 4.69) is 20.6 Å². The third kappa shape index (κ3) is 5.99. The molecule has 0 spiro atoms. The Morgan fingerprint density at radius 3 is 2.78 bits per heavy atom. The first-order valence-corrected chi connectivity index (χ1v) is 8.01. The van der Waals surface area contributed by atoms with Crippen molar-refractivity contribution < 1.29 is 9.59 Å². The topological polar surface area (TPSA) is 84.0 Å². The highest BCUT2D eigenvalue weighted by Gasteiger charge is 2.04. The molecule has 0 saturated carbocycles. The fourth-order valence-electron chi connectivity index (χ4n) is 1.72. The Morgan fingerprint density at radius 1 is 1.30 bits per heavy atom. The number of aromatic nitrogens is 2. The van der Waals surface area contributed by atoms with Gasteiger partial charge in [0, 0.05) is 30.6 Å². The minimum atomic E-state index is -0.253. The number of pyridine rings is 1. The normalized spacial score (nSPS) is 10.7. The largest absolute Gasteiger partial charge is 0.352 e. The fourth-order valence-corrected chi connectivity index (χ4v) is 2.30. The number of nitrogens with zero attached hydrogens (tertiary/aromatic N) is 2. The van der Waals surface area contributed by atoms with Crippen molar-refractivity contribution in [3.63, 3.8) is 0 Å². The van der Waals surface area contributed by atoms with Gasteiger partial charge in [-0.2, -0.15) is 0 Å². The molecule has 7 heteroatoms. The molecule has 0 fully saturated rings. The Labute approximate surface area is 138 Å². The zero-order chi connectivity index (χ0) is 16.7. The average molecular weight is 330 g/mol. The van der Waals surface area contributed by atoms with E-state index in [0.29, 0.717) is 5.82 Å².